The van der Waals surface area contributed by atoms with Crippen LogP contribution >= 0.6 is 0 Å². The van der Waals surface area contributed by atoms with Gasteiger partial charge in [-0.05, 0) is 60.7 Å². The molecule has 0 saturated heterocycles. The van der Waals surface area contributed by atoms with Gasteiger partial charge in [0.05, 0.1) is 24.9 Å². The predicted molar refractivity (Wildman–Crippen MR) is 99.1 cm³/mol. The average molecular weight is 358 g/mol. The lowest BCUT2D eigenvalue weighted by atomic mass is 9.91. The lowest BCUT2D eigenvalue weighted by molar-refractivity contribution is 0.354. The predicted octanol–water partition coefficient (Wildman–Crippen LogP) is 3.82. The quantitative estimate of drug-likeness (QED) is 0.815. The Balaban J connectivity index is 1.97. The molecule has 0 radical (unpaired) electrons. The summed E-state index contributed by atoms with van der Waals surface area (Å²) < 4.78 is 36.3. The first kappa shape index (κ1) is 17.5. The summed E-state index contributed by atoms with van der Waals surface area (Å²) >= 11 is 0. The lowest BCUT2D eigenvalue weighted by Gasteiger charge is -2.20. The molecule has 0 amide bonds. The number of fused-ring (bicyclic) bond motifs is 1. The smallest absolute Gasteiger partial charge is 0.182 e. The Hall–Kier alpha value is -2.27. The van der Waals surface area contributed by atoms with Gasteiger partial charge in [0.15, 0.2) is 21.3 Å². The Labute approximate surface area is 149 Å². The summed E-state index contributed by atoms with van der Waals surface area (Å²) in [5.41, 5.74) is 3.88. The van der Waals surface area contributed by atoms with E-state index < -0.39 is 9.84 Å². The molecule has 0 spiro atoms. The number of benzene rings is 2. The van der Waals surface area contributed by atoms with Crippen molar-refractivity contribution in [2.75, 3.05) is 20.0 Å². The SMILES string of the molecule is COc1cc2c(cc1OC)C(CS(=O)(=O)c1ccc(C)cc1)=CCC2. The topological polar surface area (TPSA) is 52.6 Å². The molecule has 0 aliphatic heterocycles. The summed E-state index contributed by atoms with van der Waals surface area (Å²) in [5.74, 6) is 1.27. The van der Waals surface area contributed by atoms with Crippen molar-refractivity contribution < 1.29 is 17.9 Å². The van der Waals surface area contributed by atoms with Crippen molar-refractivity contribution in [2.45, 2.75) is 24.7 Å². The van der Waals surface area contributed by atoms with Crippen LogP contribution in [0.3, 0.4) is 0 Å². The summed E-state index contributed by atoms with van der Waals surface area (Å²) in [5, 5.41) is 0. The standard InChI is InChI=1S/C20H22O4S/c1-14-7-9-17(10-8-14)25(21,22)13-16-6-4-5-15-11-19(23-2)20(24-3)12-18(15)16/h6-12H,4-5,13H2,1-3H3. The third-order valence-electron chi connectivity index (χ3n) is 4.49. The van der Waals surface area contributed by atoms with E-state index in [-0.39, 0.29) is 5.75 Å². The van der Waals surface area contributed by atoms with Gasteiger partial charge < -0.3 is 9.47 Å². The molecule has 0 atom stereocenters. The Bertz CT molecular complexity index is 909. The first-order valence-electron chi connectivity index (χ1n) is 8.18. The third kappa shape index (κ3) is 3.56. The molecule has 3 rings (SSSR count). The van der Waals surface area contributed by atoms with Gasteiger partial charge in [-0.1, -0.05) is 23.8 Å². The highest BCUT2D eigenvalue weighted by molar-refractivity contribution is 7.91. The molecule has 0 unspecified atom stereocenters. The maximum atomic E-state index is 12.8. The zero-order valence-corrected chi connectivity index (χ0v) is 15.5. The van der Waals surface area contributed by atoms with Crippen molar-refractivity contribution in [1.82, 2.24) is 0 Å². The van der Waals surface area contributed by atoms with Gasteiger partial charge in [-0.25, -0.2) is 8.42 Å². The van der Waals surface area contributed by atoms with Crippen LogP contribution in [-0.2, 0) is 16.3 Å². The van der Waals surface area contributed by atoms with E-state index in [2.05, 4.69) is 0 Å². The molecule has 1 aliphatic rings. The van der Waals surface area contributed by atoms with Crippen LogP contribution in [0.5, 0.6) is 11.5 Å². The molecule has 0 aromatic heterocycles. The van der Waals surface area contributed by atoms with E-state index in [4.69, 9.17) is 9.47 Å². The van der Waals surface area contributed by atoms with E-state index in [1.165, 1.54) is 0 Å². The summed E-state index contributed by atoms with van der Waals surface area (Å²) in [7, 11) is -0.209. The van der Waals surface area contributed by atoms with Gasteiger partial charge in [-0.15, -0.1) is 0 Å². The Morgan fingerprint density at radius 3 is 2.28 bits per heavy atom. The van der Waals surface area contributed by atoms with E-state index in [9.17, 15) is 8.42 Å². The summed E-state index contributed by atoms with van der Waals surface area (Å²) in [6, 6.07) is 10.8. The first-order valence-corrected chi connectivity index (χ1v) is 9.83. The minimum Gasteiger partial charge on any atom is -0.493 e. The number of rotatable bonds is 5. The van der Waals surface area contributed by atoms with Crippen LogP contribution < -0.4 is 9.47 Å². The van der Waals surface area contributed by atoms with Crippen molar-refractivity contribution in [3.63, 3.8) is 0 Å². The largest absolute Gasteiger partial charge is 0.493 e. The number of hydrogen-bond donors (Lipinski definition) is 0. The molecule has 5 heteroatoms. The highest BCUT2D eigenvalue weighted by Crippen LogP contribution is 2.37. The molecule has 2 aromatic carbocycles. The van der Waals surface area contributed by atoms with Gasteiger partial charge in [0.2, 0.25) is 0 Å². The van der Waals surface area contributed by atoms with Crippen molar-refractivity contribution in [1.29, 1.82) is 0 Å². The van der Waals surface area contributed by atoms with Gasteiger partial charge in [0.1, 0.15) is 0 Å². The van der Waals surface area contributed by atoms with Crippen molar-refractivity contribution >= 4 is 15.4 Å². The van der Waals surface area contributed by atoms with Crippen LogP contribution in [0, 0.1) is 6.92 Å². The average Bonchev–Trinajstić information content (AvgIpc) is 2.61. The molecular formula is C20H22O4S. The van der Waals surface area contributed by atoms with E-state index in [0.717, 1.165) is 35.1 Å². The van der Waals surface area contributed by atoms with Gasteiger partial charge in [-0.3, -0.25) is 0 Å². The van der Waals surface area contributed by atoms with Crippen LogP contribution in [0.15, 0.2) is 47.4 Å². The molecule has 0 heterocycles. The Kier molecular flexibility index (Phi) is 4.86. The second-order valence-electron chi connectivity index (χ2n) is 6.20. The fourth-order valence-corrected chi connectivity index (χ4v) is 4.51. The number of allylic oxidation sites excluding steroid dienone is 1. The molecule has 0 bridgehead atoms. The second-order valence-corrected chi connectivity index (χ2v) is 8.19. The number of methoxy groups -OCH3 is 2. The third-order valence-corrected chi connectivity index (χ3v) is 6.17. The van der Waals surface area contributed by atoms with E-state index >= 15 is 0 Å². The molecule has 0 N–H and O–H groups in total. The molecule has 4 nitrogen and oxygen atoms in total. The van der Waals surface area contributed by atoms with Gasteiger partial charge >= 0.3 is 0 Å². The number of sulfone groups is 1. The minimum atomic E-state index is -3.39. The van der Waals surface area contributed by atoms with E-state index in [0.29, 0.717) is 16.4 Å². The maximum absolute atomic E-state index is 12.8. The van der Waals surface area contributed by atoms with Crippen molar-refractivity contribution in [3.8, 4) is 11.5 Å². The number of aryl methyl sites for hydroxylation is 2. The van der Waals surface area contributed by atoms with Crippen LogP contribution in [0.25, 0.3) is 5.57 Å². The lowest BCUT2D eigenvalue weighted by Crippen LogP contribution is -2.12. The monoisotopic (exact) mass is 358 g/mol. The summed E-state index contributed by atoms with van der Waals surface area (Å²) in [6.45, 7) is 1.94. The normalized spacial score (nSPS) is 13.8. The molecule has 0 saturated carbocycles. The minimum absolute atomic E-state index is 0.0153. The highest BCUT2D eigenvalue weighted by atomic mass is 32.2. The van der Waals surface area contributed by atoms with Crippen molar-refractivity contribution in [2.24, 2.45) is 0 Å². The van der Waals surface area contributed by atoms with Crippen LogP contribution in [0.4, 0.5) is 0 Å². The fourth-order valence-electron chi connectivity index (χ4n) is 3.11. The van der Waals surface area contributed by atoms with Gasteiger partial charge in [0.25, 0.3) is 0 Å². The van der Waals surface area contributed by atoms with Crippen LogP contribution in [0.1, 0.15) is 23.1 Å². The first-order chi connectivity index (χ1) is 11.9. The molecule has 2 aromatic rings. The molecule has 0 fully saturated rings. The Morgan fingerprint density at radius 1 is 1.00 bits per heavy atom. The maximum Gasteiger partial charge on any atom is 0.182 e. The fraction of sp³-hybridized carbons (Fsp3) is 0.300. The summed E-state index contributed by atoms with van der Waals surface area (Å²) in [4.78, 5) is 0.353. The molecule has 132 valence electrons. The molecular weight excluding hydrogens is 336 g/mol. The molecule has 25 heavy (non-hydrogen) atoms. The van der Waals surface area contributed by atoms with Gasteiger partial charge in [-0.2, -0.15) is 0 Å². The van der Waals surface area contributed by atoms with Crippen LogP contribution in [-0.4, -0.2) is 28.4 Å². The van der Waals surface area contributed by atoms with Crippen LogP contribution in [0.2, 0.25) is 0 Å². The van der Waals surface area contributed by atoms with E-state index in [1.807, 2.05) is 37.3 Å². The zero-order valence-electron chi connectivity index (χ0n) is 14.7. The Morgan fingerprint density at radius 2 is 1.64 bits per heavy atom. The zero-order chi connectivity index (χ0) is 18.0. The summed E-state index contributed by atoms with van der Waals surface area (Å²) in [6.07, 6.45) is 3.70. The van der Waals surface area contributed by atoms with E-state index in [1.54, 1.807) is 26.4 Å². The number of hydrogen-bond acceptors (Lipinski definition) is 4. The van der Waals surface area contributed by atoms with Crippen molar-refractivity contribution in [3.05, 3.63) is 59.2 Å². The number of ether oxygens (including phenoxy) is 2. The highest BCUT2D eigenvalue weighted by Gasteiger charge is 2.23. The second kappa shape index (κ2) is 6.92. The molecule has 1 aliphatic carbocycles. The van der Waals surface area contributed by atoms with Gasteiger partial charge in [0, 0.05) is 0 Å².